The highest BCUT2D eigenvalue weighted by atomic mass is 127. The maximum absolute atomic E-state index is 5.37. The number of methoxy groups -OCH3 is 1. The quantitative estimate of drug-likeness (QED) is 0.268. The minimum absolute atomic E-state index is 0. The van der Waals surface area contributed by atoms with Gasteiger partial charge >= 0.3 is 0 Å². The number of aliphatic imine (C=N–C) groups is 1. The van der Waals surface area contributed by atoms with Crippen LogP contribution in [0.15, 0.2) is 27.8 Å². The molecule has 0 unspecified atom stereocenters. The zero-order valence-corrected chi connectivity index (χ0v) is 18.0. The highest BCUT2D eigenvalue weighted by molar-refractivity contribution is 14.0. The maximum Gasteiger partial charge on any atom is 0.191 e. The van der Waals surface area contributed by atoms with Gasteiger partial charge in [0, 0.05) is 45.2 Å². The van der Waals surface area contributed by atoms with Gasteiger partial charge in [0.05, 0.1) is 19.4 Å². The lowest BCUT2D eigenvalue weighted by Gasteiger charge is -2.35. The predicted molar refractivity (Wildman–Crippen MR) is 113 cm³/mol. The van der Waals surface area contributed by atoms with Crippen molar-refractivity contribution in [3.8, 4) is 0 Å². The minimum atomic E-state index is 0. The number of nitrogens with zero attached hydrogens (tertiary/aromatic N) is 2. The van der Waals surface area contributed by atoms with E-state index in [9.17, 15) is 0 Å². The van der Waals surface area contributed by atoms with Crippen molar-refractivity contribution in [2.75, 3.05) is 39.9 Å². The molecule has 0 saturated carbocycles. The molecule has 0 atom stereocenters. The molecule has 1 aromatic heterocycles. The summed E-state index contributed by atoms with van der Waals surface area (Å²) in [6, 6.07) is 5.03. The number of rotatable bonds is 8. The van der Waals surface area contributed by atoms with Crippen LogP contribution in [0.5, 0.6) is 0 Å². The molecule has 1 aliphatic rings. The summed E-state index contributed by atoms with van der Waals surface area (Å²) in [5, 5.41) is 6.99. The van der Waals surface area contributed by atoms with Gasteiger partial charge in [0.1, 0.15) is 5.76 Å². The number of likely N-dealkylation sites (tertiary alicyclic amines) is 1. The number of guanidine groups is 1. The Labute approximate surface area is 168 Å². The summed E-state index contributed by atoms with van der Waals surface area (Å²) in [7, 11) is 1.70. The van der Waals surface area contributed by atoms with Gasteiger partial charge in [-0.15, -0.1) is 24.0 Å². The van der Waals surface area contributed by atoms with E-state index in [1.807, 2.05) is 12.1 Å². The number of nitrogens with one attached hydrogen (secondary N) is 2. The molecule has 0 spiro atoms. The minimum Gasteiger partial charge on any atom is -0.469 e. The predicted octanol–water partition coefficient (Wildman–Crippen LogP) is 2.49. The van der Waals surface area contributed by atoms with Gasteiger partial charge in [0.25, 0.3) is 0 Å². The summed E-state index contributed by atoms with van der Waals surface area (Å²) in [5.74, 6) is 1.87. The monoisotopic (exact) mass is 464 g/mol. The zero-order chi connectivity index (χ0) is 17.2. The topological polar surface area (TPSA) is 62.0 Å². The van der Waals surface area contributed by atoms with E-state index >= 15 is 0 Å². The smallest absolute Gasteiger partial charge is 0.191 e. The van der Waals surface area contributed by atoms with E-state index in [1.165, 1.54) is 0 Å². The van der Waals surface area contributed by atoms with E-state index in [-0.39, 0.29) is 24.0 Å². The summed E-state index contributed by atoms with van der Waals surface area (Å²) in [6.45, 7) is 8.93. The third kappa shape index (κ3) is 8.42. The van der Waals surface area contributed by atoms with E-state index in [1.54, 1.807) is 13.4 Å². The SMILES string of the molecule is COCCN=C(NCCc1ccco1)NC1CCN(C(C)C)CC1.I. The Balaban J connectivity index is 0.00000312. The Hall–Kier alpha value is -0.800. The average molecular weight is 464 g/mol. The fourth-order valence-electron chi connectivity index (χ4n) is 2.91. The van der Waals surface area contributed by atoms with Crippen LogP contribution >= 0.6 is 24.0 Å². The van der Waals surface area contributed by atoms with Gasteiger partial charge in [-0.1, -0.05) is 0 Å². The average Bonchev–Trinajstić information content (AvgIpc) is 3.09. The lowest BCUT2D eigenvalue weighted by atomic mass is 10.0. The van der Waals surface area contributed by atoms with Crippen molar-refractivity contribution in [1.82, 2.24) is 15.5 Å². The van der Waals surface area contributed by atoms with Crippen LogP contribution in [-0.4, -0.2) is 62.8 Å². The van der Waals surface area contributed by atoms with Crippen LogP contribution in [0.1, 0.15) is 32.4 Å². The van der Waals surface area contributed by atoms with Crippen LogP contribution < -0.4 is 10.6 Å². The molecule has 2 heterocycles. The van der Waals surface area contributed by atoms with Crippen LogP contribution in [0.3, 0.4) is 0 Å². The molecule has 144 valence electrons. The largest absolute Gasteiger partial charge is 0.469 e. The molecule has 1 aliphatic heterocycles. The van der Waals surface area contributed by atoms with Gasteiger partial charge in [0.15, 0.2) is 5.96 Å². The third-order valence-electron chi connectivity index (χ3n) is 4.41. The molecule has 1 saturated heterocycles. The summed E-state index contributed by atoms with van der Waals surface area (Å²) >= 11 is 0. The molecular weight excluding hydrogens is 431 g/mol. The van der Waals surface area contributed by atoms with E-state index in [0.29, 0.717) is 25.2 Å². The number of hydrogen-bond acceptors (Lipinski definition) is 4. The molecule has 6 nitrogen and oxygen atoms in total. The zero-order valence-electron chi connectivity index (χ0n) is 15.7. The second kappa shape index (κ2) is 12.5. The second-order valence-electron chi connectivity index (χ2n) is 6.53. The molecule has 0 bridgehead atoms. The molecule has 0 aromatic carbocycles. The van der Waals surface area contributed by atoms with Crippen molar-refractivity contribution in [2.45, 2.75) is 45.2 Å². The molecule has 0 radical (unpaired) electrons. The molecule has 1 aromatic rings. The fraction of sp³-hybridized carbons (Fsp3) is 0.722. The molecule has 1 fully saturated rings. The molecule has 0 amide bonds. The van der Waals surface area contributed by atoms with Crippen LogP contribution in [0.25, 0.3) is 0 Å². The van der Waals surface area contributed by atoms with Gasteiger partial charge in [-0.25, -0.2) is 0 Å². The standard InChI is InChI=1S/C18H32N4O2.HI/c1-15(2)22-11-7-16(8-12-22)21-18(20-10-14-23-3)19-9-6-17-5-4-13-24-17;/h4-5,13,15-16H,6-12,14H2,1-3H3,(H2,19,20,21);1H. The van der Waals surface area contributed by atoms with Crippen LogP contribution in [0.4, 0.5) is 0 Å². The van der Waals surface area contributed by atoms with E-state index < -0.39 is 0 Å². The van der Waals surface area contributed by atoms with Crippen molar-refractivity contribution in [3.05, 3.63) is 24.2 Å². The van der Waals surface area contributed by atoms with Crippen LogP contribution in [0, 0.1) is 0 Å². The Morgan fingerprint density at radius 1 is 1.40 bits per heavy atom. The Bertz CT molecular complexity index is 471. The van der Waals surface area contributed by atoms with Gasteiger partial charge in [0.2, 0.25) is 0 Å². The molecule has 25 heavy (non-hydrogen) atoms. The normalized spacial score (nSPS) is 16.7. The molecule has 2 N–H and O–H groups in total. The second-order valence-corrected chi connectivity index (χ2v) is 6.53. The summed E-state index contributed by atoms with van der Waals surface area (Å²) < 4.78 is 10.5. The number of ether oxygens (including phenoxy) is 1. The summed E-state index contributed by atoms with van der Waals surface area (Å²) in [4.78, 5) is 7.14. The number of hydrogen-bond donors (Lipinski definition) is 2. The molecule has 7 heteroatoms. The first-order chi connectivity index (χ1) is 11.7. The van der Waals surface area contributed by atoms with Crippen molar-refractivity contribution < 1.29 is 9.15 Å². The highest BCUT2D eigenvalue weighted by Crippen LogP contribution is 2.12. The maximum atomic E-state index is 5.37. The van der Waals surface area contributed by atoms with Crippen molar-refractivity contribution in [3.63, 3.8) is 0 Å². The summed E-state index contributed by atoms with van der Waals surface area (Å²) in [5.41, 5.74) is 0. The number of halogens is 1. The number of furan rings is 1. The first-order valence-electron chi connectivity index (χ1n) is 8.99. The van der Waals surface area contributed by atoms with Crippen molar-refractivity contribution in [1.29, 1.82) is 0 Å². The van der Waals surface area contributed by atoms with Gasteiger partial charge in [-0.3, -0.25) is 4.99 Å². The van der Waals surface area contributed by atoms with Crippen molar-refractivity contribution in [2.24, 2.45) is 4.99 Å². The van der Waals surface area contributed by atoms with Gasteiger partial charge < -0.3 is 24.7 Å². The van der Waals surface area contributed by atoms with Gasteiger partial charge in [-0.05, 0) is 38.8 Å². The van der Waals surface area contributed by atoms with Crippen molar-refractivity contribution >= 4 is 29.9 Å². The van der Waals surface area contributed by atoms with E-state index in [0.717, 1.165) is 50.6 Å². The van der Waals surface area contributed by atoms with E-state index in [4.69, 9.17) is 9.15 Å². The fourth-order valence-corrected chi connectivity index (χ4v) is 2.91. The molecular formula is C18H33IN4O2. The third-order valence-corrected chi connectivity index (χ3v) is 4.41. The summed E-state index contributed by atoms with van der Waals surface area (Å²) in [6.07, 6.45) is 4.87. The lowest BCUT2D eigenvalue weighted by molar-refractivity contribution is 0.167. The Kier molecular flexibility index (Phi) is 11.2. The lowest BCUT2D eigenvalue weighted by Crippen LogP contribution is -2.50. The van der Waals surface area contributed by atoms with E-state index in [2.05, 4.69) is 34.4 Å². The Morgan fingerprint density at radius 2 is 2.16 bits per heavy atom. The molecule has 2 rings (SSSR count). The Morgan fingerprint density at radius 3 is 2.76 bits per heavy atom. The van der Waals surface area contributed by atoms with Gasteiger partial charge in [-0.2, -0.15) is 0 Å². The van der Waals surface area contributed by atoms with Crippen LogP contribution in [0.2, 0.25) is 0 Å². The number of piperidine rings is 1. The first-order valence-corrected chi connectivity index (χ1v) is 8.99. The first kappa shape index (κ1) is 22.2. The highest BCUT2D eigenvalue weighted by Gasteiger charge is 2.21. The van der Waals surface area contributed by atoms with Crippen LogP contribution in [-0.2, 0) is 11.2 Å². The molecule has 0 aliphatic carbocycles.